The molecule has 0 saturated carbocycles. The van der Waals surface area contributed by atoms with Gasteiger partial charge in [-0.2, -0.15) is 0 Å². The van der Waals surface area contributed by atoms with Crippen molar-refractivity contribution in [2.75, 3.05) is 12.8 Å². The fourth-order valence-corrected chi connectivity index (χ4v) is 4.09. The molecular weight excluding hydrogens is 326 g/mol. The van der Waals surface area contributed by atoms with E-state index in [-0.39, 0.29) is 12.5 Å². The van der Waals surface area contributed by atoms with Crippen molar-refractivity contribution < 1.29 is 9.90 Å². The normalized spacial score (nSPS) is 12.3. The molecule has 0 saturated heterocycles. The number of hydrogen-bond acceptors (Lipinski definition) is 4. The minimum atomic E-state index is -0.721. The number of thioether (sulfide) groups is 1. The number of aliphatic hydroxyl groups is 1. The first-order valence-electron chi connectivity index (χ1n) is 7.25. The highest BCUT2D eigenvalue weighted by Gasteiger charge is 2.15. The predicted octanol–water partition coefficient (Wildman–Crippen LogP) is 4.09. The average molecular weight is 343 g/mol. The van der Waals surface area contributed by atoms with Gasteiger partial charge in [-0.05, 0) is 40.1 Å². The van der Waals surface area contributed by atoms with E-state index in [1.54, 1.807) is 11.8 Å². The van der Waals surface area contributed by atoms with Gasteiger partial charge in [0.25, 0.3) is 5.91 Å². The molecule has 0 aliphatic heterocycles. The Morgan fingerprint density at radius 2 is 2.00 bits per heavy atom. The van der Waals surface area contributed by atoms with E-state index in [0.717, 1.165) is 21.2 Å². The van der Waals surface area contributed by atoms with Crippen molar-refractivity contribution in [3.8, 4) is 0 Å². The van der Waals surface area contributed by atoms with E-state index < -0.39 is 6.10 Å². The highest BCUT2D eigenvalue weighted by Crippen LogP contribution is 2.25. The first kappa shape index (κ1) is 16.1. The highest BCUT2D eigenvalue weighted by atomic mass is 32.2. The van der Waals surface area contributed by atoms with Gasteiger partial charge in [0, 0.05) is 11.4 Å². The van der Waals surface area contributed by atoms with Crippen LogP contribution in [0, 0.1) is 0 Å². The summed E-state index contributed by atoms with van der Waals surface area (Å²) in [5.41, 5.74) is 0.806. The molecule has 2 N–H and O–H groups in total. The van der Waals surface area contributed by atoms with E-state index in [9.17, 15) is 9.90 Å². The number of carbonyl (C=O) groups excluding carboxylic acids is 1. The summed E-state index contributed by atoms with van der Waals surface area (Å²) >= 11 is 2.97. The van der Waals surface area contributed by atoms with E-state index in [1.165, 1.54) is 11.3 Å². The quantitative estimate of drug-likeness (QED) is 0.686. The molecule has 5 heteroatoms. The molecule has 1 amide bonds. The topological polar surface area (TPSA) is 49.3 Å². The minimum Gasteiger partial charge on any atom is -0.387 e. The Kier molecular flexibility index (Phi) is 5.00. The summed E-state index contributed by atoms with van der Waals surface area (Å²) in [5.74, 6) is -0.135. The number of aliphatic hydroxyl groups excluding tert-OH is 1. The fourth-order valence-electron chi connectivity index (χ4n) is 2.43. The van der Waals surface area contributed by atoms with Crippen LogP contribution in [-0.2, 0) is 0 Å². The summed E-state index contributed by atoms with van der Waals surface area (Å²) in [6.45, 7) is 0.197. The van der Waals surface area contributed by atoms with Crippen LogP contribution in [0.25, 0.3) is 10.8 Å². The molecule has 1 aromatic heterocycles. The number of nitrogens with one attached hydrogen (secondary N) is 1. The molecule has 3 rings (SSSR count). The molecule has 0 spiro atoms. The third-order valence-electron chi connectivity index (χ3n) is 3.67. The van der Waals surface area contributed by atoms with Crippen LogP contribution in [0.15, 0.2) is 58.8 Å². The van der Waals surface area contributed by atoms with Gasteiger partial charge in [0.05, 0.1) is 6.10 Å². The Bertz CT molecular complexity index is 829. The van der Waals surface area contributed by atoms with Crippen LogP contribution in [0.4, 0.5) is 0 Å². The maximum absolute atomic E-state index is 12.2. The molecule has 0 aliphatic carbocycles. The number of thiophene rings is 1. The van der Waals surface area contributed by atoms with Crippen LogP contribution in [0.2, 0.25) is 0 Å². The van der Waals surface area contributed by atoms with Crippen molar-refractivity contribution in [2.45, 2.75) is 11.0 Å². The van der Waals surface area contributed by atoms with Crippen LogP contribution >= 0.6 is 23.1 Å². The van der Waals surface area contributed by atoms with Gasteiger partial charge in [0.15, 0.2) is 0 Å². The van der Waals surface area contributed by atoms with Crippen LogP contribution < -0.4 is 5.32 Å². The largest absolute Gasteiger partial charge is 0.387 e. The molecule has 0 radical (unpaired) electrons. The smallest absolute Gasteiger partial charge is 0.262 e. The van der Waals surface area contributed by atoms with Gasteiger partial charge in [-0.15, -0.1) is 23.1 Å². The van der Waals surface area contributed by atoms with Crippen LogP contribution in [-0.4, -0.2) is 23.8 Å². The maximum atomic E-state index is 12.2. The Morgan fingerprint density at radius 3 is 2.78 bits per heavy atom. The monoisotopic (exact) mass is 343 g/mol. The Labute approximate surface area is 143 Å². The second-order valence-electron chi connectivity index (χ2n) is 5.15. The number of carbonyl (C=O) groups is 1. The number of fused-ring (bicyclic) bond motifs is 1. The molecule has 1 heterocycles. The number of benzene rings is 2. The van der Waals surface area contributed by atoms with Crippen molar-refractivity contribution in [2.24, 2.45) is 0 Å². The second-order valence-corrected chi connectivity index (χ2v) is 6.91. The second kappa shape index (κ2) is 7.17. The standard InChI is InChI=1S/C18H17NO2S2/c1-22-16-8-9-23-17(16)18(21)19-11-15(20)14-7-6-12-4-2-3-5-13(12)10-14/h2-10,15,20H,11H2,1H3,(H,19,21). The van der Waals surface area contributed by atoms with E-state index in [1.807, 2.05) is 60.2 Å². The van der Waals surface area contributed by atoms with Crippen molar-refractivity contribution in [3.63, 3.8) is 0 Å². The summed E-state index contributed by atoms with van der Waals surface area (Å²) in [5, 5.41) is 17.3. The van der Waals surface area contributed by atoms with E-state index in [2.05, 4.69) is 5.32 Å². The third-order valence-corrected chi connectivity index (χ3v) is 5.49. The minimum absolute atomic E-state index is 0.135. The van der Waals surface area contributed by atoms with Gasteiger partial charge in [-0.1, -0.05) is 36.4 Å². The predicted molar refractivity (Wildman–Crippen MR) is 97.3 cm³/mol. The molecule has 118 valence electrons. The molecule has 2 aromatic carbocycles. The lowest BCUT2D eigenvalue weighted by Crippen LogP contribution is -2.28. The van der Waals surface area contributed by atoms with Gasteiger partial charge >= 0.3 is 0 Å². The Morgan fingerprint density at radius 1 is 1.22 bits per heavy atom. The van der Waals surface area contributed by atoms with E-state index in [0.29, 0.717) is 4.88 Å². The molecule has 1 unspecified atom stereocenters. The summed E-state index contributed by atoms with van der Waals surface area (Å²) in [6, 6.07) is 15.8. The SMILES string of the molecule is CSc1ccsc1C(=O)NCC(O)c1ccc2ccccc2c1. The summed E-state index contributed by atoms with van der Waals surface area (Å²) in [4.78, 5) is 13.9. The van der Waals surface area contributed by atoms with Gasteiger partial charge in [-0.25, -0.2) is 0 Å². The lowest BCUT2D eigenvalue weighted by atomic mass is 10.0. The van der Waals surface area contributed by atoms with Gasteiger partial charge < -0.3 is 10.4 Å². The number of rotatable bonds is 5. The maximum Gasteiger partial charge on any atom is 0.262 e. The van der Waals surface area contributed by atoms with Crippen molar-refractivity contribution in [3.05, 3.63) is 64.4 Å². The summed E-state index contributed by atoms with van der Waals surface area (Å²) in [6.07, 6.45) is 1.23. The fraction of sp³-hybridized carbons (Fsp3) is 0.167. The Hall–Kier alpha value is -1.82. The van der Waals surface area contributed by atoms with E-state index in [4.69, 9.17) is 0 Å². The first-order valence-corrected chi connectivity index (χ1v) is 9.36. The zero-order valence-corrected chi connectivity index (χ0v) is 14.3. The zero-order chi connectivity index (χ0) is 16.2. The van der Waals surface area contributed by atoms with Crippen molar-refractivity contribution >= 4 is 39.8 Å². The molecule has 3 aromatic rings. The van der Waals surface area contributed by atoms with Gasteiger partial charge in [0.2, 0.25) is 0 Å². The van der Waals surface area contributed by atoms with Gasteiger partial charge in [0.1, 0.15) is 4.88 Å². The molecule has 1 atom stereocenters. The van der Waals surface area contributed by atoms with E-state index >= 15 is 0 Å². The van der Waals surface area contributed by atoms with Crippen LogP contribution in [0.5, 0.6) is 0 Å². The molecular formula is C18H17NO2S2. The molecule has 0 fully saturated rings. The Balaban J connectivity index is 1.68. The summed E-state index contributed by atoms with van der Waals surface area (Å²) in [7, 11) is 0. The average Bonchev–Trinajstić information content (AvgIpc) is 3.07. The van der Waals surface area contributed by atoms with Crippen molar-refractivity contribution in [1.29, 1.82) is 0 Å². The molecule has 0 bridgehead atoms. The zero-order valence-electron chi connectivity index (χ0n) is 12.7. The van der Waals surface area contributed by atoms with Crippen molar-refractivity contribution in [1.82, 2.24) is 5.32 Å². The van der Waals surface area contributed by atoms with Crippen LogP contribution in [0.3, 0.4) is 0 Å². The third kappa shape index (κ3) is 3.58. The number of hydrogen-bond donors (Lipinski definition) is 2. The number of amides is 1. The van der Waals surface area contributed by atoms with Crippen LogP contribution in [0.1, 0.15) is 21.3 Å². The summed E-state index contributed by atoms with van der Waals surface area (Å²) < 4.78 is 0. The van der Waals surface area contributed by atoms with Gasteiger partial charge in [-0.3, -0.25) is 4.79 Å². The molecule has 3 nitrogen and oxygen atoms in total. The molecule has 23 heavy (non-hydrogen) atoms. The first-order chi connectivity index (χ1) is 11.2. The molecule has 0 aliphatic rings. The highest BCUT2D eigenvalue weighted by molar-refractivity contribution is 7.98. The lowest BCUT2D eigenvalue weighted by molar-refractivity contribution is 0.0918. The lowest BCUT2D eigenvalue weighted by Gasteiger charge is -2.13.